The molecule has 0 saturated carbocycles. The molecule has 0 aliphatic rings. The molecule has 0 aliphatic carbocycles. The van der Waals surface area contributed by atoms with Gasteiger partial charge in [0, 0.05) is 18.6 Å². The molecular weight excluding hydrogens is 192 g/mol. The van der Waals surface area contributed by atoms with Gasteiger partial charge in [-0.15, -0.1) is 0 Å². The number of aliphatic hydroxyl groups excluding tert-OH is 1. The van der Waals surface area contributed by atoms with Gasteiger partial charge in [0.25, 0.3) is 0 Å². The van der Waals surface area contributed by atoms with Crippen LogP contribution in [0.5, 0.6) is 0 Å². The molecule has 0 aliphatic heterocycles. The highest BCUT2D eigenvalue weighted by Crippen LogP contribution is 2.30. The summed E-state index contributed by atoms with van der Waals surface area (Å²) in [5.41, 5.74) is 4.79. The zero-order valence-corrected chi connectivity index (χ0v) is 10.5. The first kappa shape index (κ1) is 14.4. The van der Waals surface area contributed by atoms with Crippen molar-refractivity contribution >= 4 is 5.91 Å². The third kappa shape index (κ3) is 3.18. The molecule has 3 N–H and O–H groups in total. The quantitative estimate of drug-likeness (QED) is 0.707. The van der Waals surface area contributed by atoms with Gasteiger partial charge in [0.2, 0.25) is 5.91 Å². The van der Waals surface area contributed by atoms with Crippen molar-refractivity contribution in [1.29, 1.82) is 0 Å². The first-order valence-corrected chi connectivity index (χ1v) is 5.37. The zero-order chi connectivity index (χ0) is 12.3. The molecule has 0 aromatic rings. The molecule has 0 spiro atoms. The van der Waals surface area contributed by atoms with E-state index in [4.69, 9.17) is 10.8 Å². The average molecular weight is 216 g/mol. The van der Waals surface area contributed by atoms with E-state index < -0.39 is 11.0 Å². The van der Waals surface area contributed by atoms with Gasteiger partial charge in [-0.05, 0) is 34.6 Å². The van der Waals surface area contributed by atoms with Gasteiger partial charge >= 0.3 is 0 Å². The summed E-state index contributed by atoms with van der Waals surface area (Å²) in [6, 6.07) is 0. The summed E-state index contributed by atoms with van der Waals surface area (Å²) >= 11 is 0. The Hall–Kier alpha value is -0.610. The van der Waals surface area contributed by atoms with Crippen LogP contribution in [0.2, 0.25) is 0 Å². The molecule has 15 heavy (non-hydrogen) atoms. The molecular formula is C11H24N2O2. The number of carbonyl (C=O) groups is 1. The number of hydrogen-bond acceptors (Lipinski definition) is 3. The molecule has 0 fully saturated rings. The van der Waals surface area contributed by atoms with Crippen LogP contribution in [0, 0.1) is 5.41 Å². The molecule has 90 valence electrons. The lowest BCUT2D eigenvalue weighted by molar-refractivity contribution is -0.143. The Morgan fingerprint density at radius 2 is 1.80 bits per heavy atom. The van der Waals surface area contributed by atoms with Gasteiger partial charge in [-0.25, -0.2) is 0 Å². The van der Waals surface area contributed by atoms with E-state index in [9.17, 15) is 4.79 Å². The fraction of sp³-hybridized carbons (Fsp3) is 0.909. The van der Waals surface area contributed by atoms with Crippen LogP contribution in [-0.2, 0) is 4.79 Å². The number of nitrogens with zero attached hydrogens (tertiary/aromatic N) is 1. The fourth-order valence-corrected chi connectivity index (χ4v) is 1.19. The molecule has 4 heteroatoms. The minimum absolute atomic E-state index is 0.00782. The predicted molar refractivity (Wildman–Crippen MR) is 61.4 cm³/mol. The molecule has 0 heterocycles. The van der Waals surface area contributed by atoms with Crippen molar-refractivity contribution in [1.82, 2.24) is 4.90 Å². The van der Waals surface area contributed by atoms with Gasteiger partial charge in [-0.1, -0.05) is 0 Å². The van der Waals surface area contributed by atoms with Gasteiger partial charge in [0.05, 0.1) is 12.0 Å². The normalized spacial score (nSPS) is 12.7. The van der Waals surface area contributed by atoms with E-state index >= 15 is 0 Å². The third-order valence-corrected chi connectivity index (χ3v) is 3.18. The Balaban J connectivity index is 4.81. The first-order valence-electron chi connectivity index (χ1n) is 5.37. The Bertz CT molecular complexity index is 219. The lowest BCUT2D eigenvalue weighted by atomic mass is 9.74. The van der Waals surface area contributed by atoms with Crippen molar-refractivity contribution in [3.05, 3.63) is 0 Å². The summed E-state index contributed by atoms with van der Waals surface area (Å²) < 4.78 is 0. The van der Waals surface area contributed by atoms with E-state index in [1.165, 1.54) is 0 Å². The highest BCUT2D eigenvalue weighted by atomic mass is 16.3. The lowest BCUT2D eigenvalue weighted by Crippen LogP contribution is -2.56. The predicted octanol–water partition coefficient (Wildman–Crippen LogP) is 0.591. The van der Waals surface area contributed by atoms with Crippen LogP contribution in [0.25, 0.3) is 0 Å². The van der Waals surface area contributed by atoms with E-state index in [1.54, 1.807) is 4.90 Å². The van der Waals surface area contributed by atoms with Crippen molar-refractivity contribution in [2.45, 2.75) is 40.2 Å². The molecule has 0 rings (SSSR count). The molecule has 0 atom stereocenters. The van der Waals surface area contributed by atoms with Gasteiger partial charge < -0.3 is 15.7 Å². The van der Waals surface area contributed by atoms with Crippen molar-refractivity contribution in [2.75, 3.05) is 19.7 Å². The summed E-state index contributed by atoms with van der Waals surface area (Å²) in [6.45, 7) is 10.2. The molecule has 0 radical (unpaired) electrons. The van der Waals surface area contributed by atoms with Crippen LogP contribution in [0.15, 0.2) is 0 Å². The Kier molecular flexibility index (Phi) is 4.74. The second kappa shape index (κ2) is 4.94. The Labute approximate surface area is 92.4 Å². The van der Waals surface area contributed by atoms with Gasteiger partial charge in [0.1, 0.15) is 0 Å². The number of aliphatic hydroxyl groups is 1. The van der Waals surface area contributed by atoms with Gasteiger partial charge in [-0.2, -0.15) is 0 Å². The van der Waals surface area contributed by atoms with Crippen LogP contribution in [0.3, 0.4) is 0 Å². The second-order valence-electron chi connectivity index (χ2n) is 4.96. The molecule has 0 unspecified atom stereocenters. The molecule has 4 nitrogen and oxygen atoms in total. The van der Waals surface area contributed by atoms with Crippen molar-refractivity contribution < 1.29 is 9.90 Å². The van der Waals surface area contributed by atoms with Gasteiger partial charge in [0.15, 0.2) is 0 Å². The van der Waals surface area contributed by atoms with Gasteiger partial charge in [-0.3, -0.25) is 4.79 Å². The fourth-order valence-electron chi connectivity index (χ4n) is 1.19. The Morgan fingerprint density at radius 3 is 2.07 bits per heavy atom. The summed E-state index contributed by atoms with van der Waals surface area (Å²) in [4.78, 5) is 13.8. The summed E-state index contributed by atoms with van der Waals surface area (Å²) in [5.74, 6) is -0.00782. The van der Waals surface area contributed by atoms with Crippen LogP contribution in [0.4, 0.5) is 0 Å². The van der Waals surface area contributed by atoms with E-state index in [0.29, 0.717) is 13.1 Å². The van der Waals surface area contributed by atoms with E-state index in [0.717, 1.165) is 0 Å². The topological polar surface area (TPSA) is 66.6 Å². The van der Waals surface area contributed by atoms with Crippen molar-refractivity contribution in [3.8, 4) is 0 Å². The molecule has 0 saturated heterocycles. The highest BCUT2D eigenvalue weighted by Gasteiger charge is 2.42. The number of carbonyl (C=O) groups excluding carboxylic acids is 1. The van der Waals surface area contributed by atoms with E-state index in [-0.39, 0.29) is 12.5 Å². The number of amides is 1. The average Bonchev–Trinajstić information content (AvgIpc) is 2.11. The monoisotopic (exact) mass is 216 g/mol. The molecule has 1 amide bonds. The van der Waals surface area contributed by atoms with Crippen LogP contribution in [-0.4, -0.2) is 41.1 Å². The van der Waals surface area contributed by atoms with Crippen molar-refractivity contribution in [2.24, 2.45) is 11.1 Å². The number of rotatable bonds is 5. The molecule has 0 bridgehead atoms. The second-order valence-corrected chi connectivity index (χ2v) is 4.96. The highest BCUT2D eigenvalue weighted by molar-refractivity contribution is 5.83. The number of hydrogen-bond donors (Lipinski definition) is 2. The summed E-state index contributed by atoms with van der Waals surface area (Å²) in [6.07, 6.45) is 0. The zero-order valence-electron chi connectivity index (χ0n) is 10.5. The third-order valence-electron chi connectivity index (χ3n) is 3.18. The van der Waals surface area contributed by atoms with Crippen LogP contribution < -0.4 is 5.73 Å². The molecule has 0 aromatic carbocycles. The van der Waals surface area contributed by atoms with Crippen LogP contribution in [0.1, 0.15) is 34.6 Å². The largest absolute Gasteiger partial charge is 0.395 e. The minimum atomic E-state index is -0.627. The number of nitrogens with two attached hydrogens (primary N) is 1. The maximum Gasteiger partial charge on any atom is 0.230 e. The standard InChI is InChI=1S/C11H24N2O2/c1-6-13(7-8-14)9(15)10(2,3)11(4,5)12/h14H,6-8,12H2,1-5H3. The summed E-state index contributed by atoms with van der Waals surface area (Å²) in [5, 5.41) is 8.86. The van der Waals surface area contributed by atoms with Crippen molar-refractivity contribution in [3.63, 3.8) is 0 Å². The lowest BCUT2D eigenvalue weighted by Gasteiger charge is -2.40. The first-order chi connectivity index (χ1) is 6.68. The molecule has 0 aromatic heterocycles. The maximum absolute atomic E-state index is 12.2. The number of likely N-dealkylation sites (N-methyl/N-ethyl adjacent to an activating group) is 1. The maximum atomic E-state index is 12.2. The SMILES string of the molecule is CCN(CCO)C(=O)C(C)(C)C(C)(C)N. The smallest absolute Gasteiger partial charge is 0.230 e. The minimum Gasteiger partial charge on any atom is -0.395 e. The summed E-state index contributed by atoms with van der Waals surface area (Å²) in [7, 11) is 0. The Morgan fingerprint density at radius 1 is 1.33 bits per heavy atom. The van der Waals surface area contributed by atoms with E-state index in [2.05, 4.69) is 0 Å². The van der Waals surface area contributed by atoms with Crippen LogP contribution >= 0.6 is 0 Å². The van der Waals surface area contributed by atoms with E-state index in [1.807, 2.05) is 34.6 Å².